The number of fused-ring (bicyclic) bond motifs is 1. The van der Waals surface area contributed by atoms with Crippen LogP contribution in [0.2, 0.25) is 0 Å². The van der Waals surface area contributed by atoms with E-state index in [0.29, 0.717) is 17.4 Å². The molecule has 0 unspecified atom stereocenters. The molecule has 126 valence electrons. The summed E-state index contributed by atoms with van der Waals surface area (Å²) in [6.45, 7) is 6.06. The van der Waals surface area contributed by atoms with Gasteiger partial charge in [-0.05, 0) is 25.0 Å². The first-order valence-electron chi connectivity index (χ1n) is 8.25. The average Bonchev–Trinajstić information content (AvgIpc) is 3.22. The molecule has 24 heavy (non-hydrogen) atoms. The molecule has 7 heteroatoms. The molecular weight excluding hydrogens is 327 g/mol. The van der Waals surface area contributed by atoms with Gasteiger partial charge < -0.3 is 9.42 Å². The van der Waals surface area contributed by atoms with Gasteiger partial charge in [0.25, 0.3) is 0 Å². The summed E-state index contributed by atoms with van der Waals surface area (Å²) in [5.74, 6) is 1.32. The Balaban J connectivity index is 1.49. The van der Waals surface area contributed by atoms with E-state index in [4.69, 9.17) is 4.52 Å². The molecule has 3 heterocycles. The predicted molar refractivity (Wildman–Crippen MR) is 92.2 cm³/mol. The summed E-state index contributed by atoms with van der Waals surface area (Å²) >= 11 is 1.48. The van der Waals surface area contributed by atoms with Crippen LogP contribution in [0.3, 0.4) is 0 Å². The van der Waals surface area contributed by atoms with Gasteiger partial charge in [0.1, 0.15) is 11.6 Å². The molecule has 1 aromatic carbocycles. The maximum absolute atomic E-state index is 13.3. The zero-order valence-corrected chi connectivity index (χ0v) is 14.5. The molecule has 1 aliphatic rings. The number of aromatic nitrogens is 3. The lowest BCUT2D eigenvalue weighted by Gasteiger charge is -2.30. The van der Waals surface area contributed by atoms with Gasteiger partial charge in [0, 0.05) is 47.9 Å². The Morgan fingerprint density at radius 1 is 1.29 bits per heavy atom. The van der Waals surface area contributed by atoms with Gasteiger partial charge in [0.05, 0.1) is 5.69 Å². The molecule has 3 aromatic rings. The number of anilines is 1. The minimum absolute atomic E-state index is 0.294. The molecule has 1 saturated heterocycles. The van der Waals surface area contributed by atoms with Crippen LogP contribution in [0, 0.1) is 5.82 Å². The molecular formula is C17H19FN4OS. The SMILES string of the molecule is CC(C)c1nsc(N2CCC(c3noc4cc(F)ccc34)CC2)n1. The summed E-state index contributed by atoms with van der Waals surface area (Å²) in [6, 6.07) is 4.63. The lowest BCUT2D eigenvalue weighted by atomic mass is 9.92. The minimum atomic E-state index is -0.294. The fraction of sp³-hybridized carbons (Fsp3) is 0.471. The zero-order valence-electron chi connectivity index (χ0n) is 13.7. The molecule has 1 aliphatic heterocycles. The second-order valence-corrected chi connectivity index (χ2v) is 7.29. The highest BCUT2D eigenvalue weighted by atomic mass is 32.1. The minimum Gasteiger partial charge on any atom is -0.356 e. The summed E-state index contributed by atoms with van der Waals surface area (Å²) in [5, 5.41) is 6.13. The first-order valence-corrected chi connectivity index (χ1v) is 9.02. The Morgan fingerprint density at radius 3 is 2.79 bits per heavy atom. The Hall–Kier alpha value is -2.02. The molecule has 0 aliphatic carbocycles. The molecule has 2 aromatic heterocycles. The number of rotatable bonds is 3. The third-order valence-corrected chi connectivity index (χ3v) is 5.35. The van der Waals surface area contributed by atoms with E-state index in [1.54, 1.807) is 6.07 Å². The summed E-state index contributed by atoms with van der Waals surface area (Å²) in [7, 11) is 0. The number of hydrogen-bond donors (Lipinski definition) is 0. The van der Waals surface area contributed by atoms with Crippen LogP contribution in [0.25, 0.3) is 11.0 Å². The van der Waals surface area contributed by atoms with Crippen molar-refractivity contribution in [3.05, 3.63) is 35.5 Å². The van der Waals surface area contributed by atoms with E-state index in [1.165, 1.54) is 23.7 Å². The van der Waals surface area contributed by atoms with Crippen LogP contribution in [0.5, 0.6) is 0 Å². The van der Waals surface area contributed by atoms with E-state index in [2.05, 4.69) is 33.3 Å². The largest absolute Gasteiger partial charge is 0.356 e. The highest BCUT2D eigenvalue weighted by molar-refractivity contribution is 7.09. The zero-order chi connectivity index (χ0) is 16.7. The molecule has 5 nitrogen and oxygen atoms in total. The van der Waals surface area contributed by atoms with Crippen molar-refractivity contribution in [3.63, 3.8) is 0 Å². The number of benzene rings is 1. The molecule has 1 fully saturated rings. The lowest BCUT2D eigenvalue weighted by molar-refractivity contribution is 0.416. The highest BCUT2D eigenvalue weighted by Gasteiger charge is 2.26. The number of halogens is 1. The summed E-state index contributed by atoms with van der Waals surface area (Å²) in [4.78, 5) is 6.93. The smallest absolute Gasteiger partial charge is 0.205 e. The number of hydrogen-bond acceptors (Lipinski definition) is 6. The monoisotopic (exact) mass is 346 g/mol. The molecule has 4 rings (SSSR count). The van der Waals surface area contributed by atoms with E-state index >= 15 is 0 Å². The van der Waals surface area contributed by atoms with Gasteiger partial charge >= 0.3 is 0 Å². The Bertz CT molecular complexity index is 851. The maximum atomic E-state index is 13.3. The number of piperidine rings is 1. The van der Waals surface area contributed by atoms with E-state index in [0.717, 1.165) is 48.0 Å². The molecule has 0 atom stereocenters. The van der Waals surface area contributed by atoms with Crippen molar-refractivity contribution in [2.45, 2.75) is 38.5 Å². The van der Waals surface area contributed by atoms with Gasteiger partial charge in [-0.15, -0.1) is 0 Å². The van der Waals surface area contributed by atoms with Crippen LogP contribution in [-0.2, 0) is 0 Å². The van der Waals surface area contributed by atoms with Crippen molar-refractivity contribution < 1.29 is 8.91 Å². The maximum Gasteiger partial charge on any atom is 0.205 e. The quantitative estimate of drug-likeness (QED) is 0.707. The van der Waals surface area contributed by atoms with E-state index in [1.807, 2.05) is 0 Å². The highest BCUT2D eigenvalue weighted by Crippen LogP contribution is 2.34. The third kappa shape index (κ3) is 2.77. The molecule has 0 N–H and O–H groups in total. The first-order chi connectivity index (χ1) is 11.6. The van der Waals surface area contributed by atoms with Crippen molar-refractivity contribution in [1.82, 2.24) is 14.5 Å². The van der Waals surface area contributed by atoms with Gasteiger partial charge in [0.15, 0.2) is 5.58 Å². The van der Waals surface area contributed by atoms with Gasteiger partial charge in [-0.1, -0.05) is 19.0 Å². The van der Waals surface area contributed by atoms with Crippen LogP contribution in [0.4, 0.5) is 9.52 Å². The van der Waals surface area contributed by atoms with Crippen LogP contribution < -0.4 is 4.90 Å². The summed E-state index contributed by atoms with van der Waals surface area (Å²) in [6.07, 6.45) is 1.96. The Morgan fingerprint density at radius 2 is 2.08 bits per heavy atom. The predicted octanol–water partition coefficient (Wildman–Crippen LogP) is 4.33. The van der Waals surface area contributed by atoms with E-state index in [-0.39, 0.29) is 5.82 Å². The van der Waals surface area contributed by atoms with Crippen LogP contribution in [-0.4, -0.2) is 27.6 Å². The summed E-state index contributed by atoms with van der Waals surface area (Å²) in [5.41, 5.74) is 1.47. The van der Waals surface area contributed by atoms with Crippen molar-refractivity contribution in [3.8, 4) is 0 Å². The van der Waals surface area contributed by atoms with Crippen LogP contribution in [0.15, 0.2) is 22.7 Å². The third-order valence-electron chi connectivity index (χ3n) is 4.56. The van der Waals surface area contributed by atoms with Gasteiger partial charge in [-0.3, -0.25) is 0 Å². The standard InChI is InChI=1S/C17H19FN4OS/c1-10(2)16-19-17(24-21-16)22-7-5-11(6-8-22)15-13-4-3-12(18)9-14(13)23-20-15/h3-4,9-11H,5-8H2,1-2H3. The van der Waals surface area contributed by atoms with Gasteiger partial charge in [-0.2, -0.15) is 4.37 Å². The fourth-order valence-corrected chi connectivity index (χ4v) is 4.02. The first kappa shape index (κ1) is 15.5. The lowest BCUT2D eigenvalue weighted by Crippen LogP contribution is -2.33. The summed E-state index contributed by atoms with van der Waals surface area (Å²) < 4.78 is 23.0. The molecule has 0 spiro atoms. The Kier molecular flexibility index (Phi) is 3.96. The van der Waals surface area contributed by atoms with Gasteiger partial charge in [-0.25, -0.2) is 9.37 Å². The van der Waals surface area contributed by atoms with Crippen molar-refractivity contribution in [2.75, 3.05) is 18.0 Å². The van der Waals surface area contributed by atoms with Gasteiger partial charge in [0.2, 0.25) is 5.13 Å². The van der Waals surface area contributed by atoms with Crippen LogP contribution >= 0.6 is 11.5 Å². The van der Waals surface area contributed by atoms with Crippen molar-refractivity contribution >= 4 is 27.6 Å². The molecule has 0 saturated carbocycles. The fourth-order valence-electron chi connectivity index (χ4n) is 3.16. The van der Waals surface area contributed by atoms with Crippen LogP contribution in [0.1, 0.15) is 50.0 Å². The average molecular weight is 346 g/mol. The van der Waals surface area contributed by atoms with E-state index in [9.17, 15) is 4.39 Å². The molecule has 0 radical (unpaired) electrons. The number of nitrogens with zero attached hydrogens (tertiary/aromatic N) is 4. The Labute approximate surface area is 143 Å². The van der Waals surface area contributed by atoms with Crippen molar-refractivity contribution in [1.29, 1.82) is 0 Å². The second-order valence-electron chi connectivity index (χ2n) is 6.56. The topological polar surface area (TPSA) is 55.1 Å². The van der Waals surface area contributed by atoms with E-state index < -0.39 is 0 Å². The van der Waals surface area contributed by atoms with Crippen molar-refractivity contribution in [2.24, 2.45) is 0 Å². The normalized spacial score (nSPS) is 16.4. The molecule has 0 bridgehead atoms. The second kappa shape index (κ2) is 6.12. The molecule has 0 amide bonds.